The number of hydrogen-bond donors (Lipinski definition) is 0. The van der Waals surface area contributed by atoms with Gasteiger partial charge in [0.05, 0.1) is 0 Å². The lowest BCUT2D eigenvalue weighted by Gasteiger charge is -2.45. The maximum Gasteiger partial charge on any atom is 0.123 e. The highest BCUT2D eigenvalue weighted by atomic mass is 16.5. The number of ether oxygens (including phenoxy) is 1. The van der Waals surface area contributed by atoms with E-state index in [1.54, 1.807) is 0 Å². The van der Waals surface area contributed by atoms with Gasteiger partial charge in [-0.1, -0.05) is 25.5 Å². The Balaban J connectivity index is 1.46. The van der Waals surface area contributed by atoms with Gasteiger partial charge in [0.1, 0.15) is 11.4 Å². The van der Waals surface area contributed by atoms with E-state index in [0.717, 1.165) is 24.6 Å². The zero-order chi connectivity index (χ0) is 13.6. The highest BCUT2D eigenvalue weighted by molar-refractivity contribution is 5.42. The second-order valence-electron chi connectivity index (χ2n) is 6.88. The van der Waals surface area contributed by atoms with Crippen molar-refractivity contribution >= 4 is 0 Å². The van der Waals surface area contributed by atoms with Crippen molar-refractivity contribution in [2.45, 2.75) is 63.5 Å². The van der Waals surface area contributed by atoms with Crippen molar-refractivity contribution in [2.24, 2.45) is 0 Å². The van der Waals surface area contributed by atoms with Crippen molar-refractivity contribution < 1.29 is 4.74 Å². The fraction of sp³-hybridized carbons (Fsp3) is 0.667. The van der Waals surface area contributed by atoms with Crippen LogP contribution >= 0.6 is 0 Å². The summed E-state index contributed by atoms with van der Waals surface area (Å²) in [4.78, 5) is 2.71. The molecule has 0 bridgehead atoms. The third-order valence-electron chi connectivity index (χ3n) is 5.67. The molecule has 1 saturated heterocycles. The number of likely N-dealkylation sites (tertiary alicyclic amines) is 1. The lowest BCUT2D eigenvalue weighted by molar-refractivity contribution is -0.00746. The van der Waals surface area contributed by atoms with E-state index in [2.05, 4.69) is 30.0 Å². The summed E-state index contributed by atoms with van der Waals surface area (Å²) < 4.78 is 6.39. The first-order chi connectivity index (χ1) is 9.78. The minimum atomic E-state index is 0.120. The lowest BCUT2D eigenvalue weighted by Crippen LogP contribution is -2.52. The first-order valence-corrected chi connectivity index (χ1v) is 8.33. The number of aryl methyl sites for hydroxylation is 1. The molecule has 2 heteroatoms. The molecule has 4 rings (SSSR count). The van der Waals surface area contributed by atoms with Gasteiger partial charge in [0.2, 0.25) is 0 Å². The van der Waals surface area contributed by atoms with Gasteiger partial charge in [-0.25, -0.2) is 0 Å². The quantitative estimate of drug-likeness (QED) is 0.815. The Morgan fingerprint density at radius 2 is 2.05 bits per heavy atom. The van der Waals surface area contributed by atoms with E-state index < -0.39 is 0 Å². The van der Waals surface area contributed by atoms with Crippen molar-refractivity contribution in [3.8, 4) is 5.75 Å². The number of rotatable bonds is 2. The third kappa shape index (κ3) is 2.05. The normalized spacial score (nSPS) is 25.2. The summed E-state index contributed by atoms with van der Waals surface area (Å²) in [7, 11) is 0. The Labute approximate surface area is 122 Å². The van der Waals surface area contributed by atoms with Crippen molar-refractivity contribution in [1.82, 2.24) is 4.90 Å². The Bertz CT molecular complexity index is 498. The average molecular weight is 271 g/mol. The molecule has 3 aliphatic rings. The van der Waals surface area contributed by atoms with Crippen LogP contribution < -0.4 is 4.74 Å². The van der Waals surface area contributed by atoms with Crippen LogP contribution in [0.3, 0.4) is 0 Å². The molecule has 1 aromatic rings. The minimum absolute atomic E-state index is 0.120. The van der Waals surface area contributed by atoms with Crippen LogP contribution in [0.15, 0.2) is 18.2 Å². The number of piperidine rings is 1. The molecule has 1 saturated carbocycles. The van der Waals surface area contributed by atoms with E-state index in [1.165, 1.54) is 56.3 Å². The smallest absolute Gasteiger partial charge is 0.123 e. The lowest BCUT2D eigenvalue weighted by atomic mass is 9.83. The number of nitrogens with zero attached hydrogens (tertiary/aromatic N) is 1. The largest absolute Gasteiger partial charge is 0.487 e. The van der Waals surface area contributed by atoms with E-state index in [0.29, 0.717) is 0 Å². The molecular formula is C18H25NO. The van der Waals surface area contributed by atoms with Crippen LogP contribution in [0, 0.1) is 0 Å². The van der Waals surface area contributed by atoms with Crippen molar-refractivity contribution in [1.29, 1.82) is 0 Å². The first-order valence-electron chi connectivity index (χ1n) is 8.33. The average Bonchev–Trinajstić information content (AvgIpc) is 2.76. The number of hydrogen-bond acceptors (Lipinski definition) is 2. The van der Waals surface area contributed by atoms with Crippen molar-refractivity contribution in [2.75, 3.05) is 13.1 Å². The van der Waals surface area contributed by atoms with Gasteiger partial charge >= 0.3 is 0 Å². The molecule has 2 fully saturated rings. The van der Waals surface area contributed by atoms with E-state index in [9.17, 15) is 0 Å². The summed E-state index contributed by atoms with van der Waals surface area (Å²) in [6.45, 7) is 4.70. The van der Waals surface area contributed by atoms with Gasteiger partial charge in [0, 0.05) is 38.4 Å². The molecule has 1 spiro atoms. The van der Waals surface area contributed by atoms with E-state index in [4.69, 9.17) is 4.74 Å². The molecule has 0 N–H and O–H groups in total. The summed E-state index contributed by atoms with van der Waals surface area (Å²) in [5, 5.41) is 0. The predicted octanol–water partition coefficient (Wildman–Crippen LogP) is 3.57. The van der Waals surface area contributed by atoms with Crippen LogP contribution in [0.4, 0.5) is 0 Å². The molecule has 0 amide bonds. The van der Waals surface area contributed by atoms with Crippen LogP contribution in [-0.4, -0.2) is 29.6 Å². The molecule has 1 aliphatic carbocycles. The molecule has 0 aromatic heterocycles. The highest BCUT2D eigenvalue weighted by Crippen LogP contribution is 2.42. The van der Waals surface area contributed by atoms with Gasteiger partial charge in [0.15, 0.2) is 0 Å². The Kier molecular flexibility index (Phi) is 3.03. The van der Waals surface area contributed by atoms with Gasteiger partial charge in [-0.2, -0.15) is 0 Å². The molecule has 2 heterocycles. The van der Waals surface area contributed by atoms with Gasteiger partial charge in [0.25, 0.3) is 0 Å². The second-order valence-corrected chi connectivity index (χ2v) is 6.88. The van der Waals surface area contributed by atoms with Gasteiger partial charge < -0.3 is 9.64 Å². The Morgan fingerprint density at radius 3 is 2.70 bits per heavy atom. The summed E-state index contributed by atoms with van der Waals surface area (Å²) >= 11 is 0. The number of benzene rings is 1. The molecule has 0 radical (unpaired) electrons. The summed E-state index contributed by atoms with van der Waals surface area (Å²) in [5.74, 6) is 1.15. The molecular weight excluding hydrogens is 246 g/mol. The summed E-state index contributed by atoms with van der Waals surface area (Å²) in [6, 6.07) is 7.67. The Hall–Kier alpha value is -1.02. The van der Waals surface area contributed by atoms with Crippen LogP contribution in [0.1, 0.15) is 50.2 Å². The SMILES string of the molecule is CCc1ccc2c(c1)CC1(CCN(C3CCC3)CC1)O2. The zero-order valence-corrected chi connectivity index (χ0v) is 12.5. The molecule has 0 unspecified atom stereocenters. The molecule has 108 valence electrons. The van der Waals surface area contributed by atoms with E-state index in [-0.39, 0.29) is 5.60 Å². The van der Waals surface area contributed by atoms with Gasteiger partial charge in [-0.05, 0) is 36.5 Å². The second kappa shape index (κ2) is 4.77. The fourth-order valence-corrected chi connectivity index (χ4v) is 4.03. The minimum Gasteiger partial charge on any atom is -0.487 e. The monoisotopic (exact) mass is 271 g/mol. The number of fused-ring (bicyclic) bond motifs is 1. The first kappa shape index (κ1) is 12.7. The maximum absolute atomic E-state index is 6.39. The predicted molar refractivity (Wildman–Crippen MR) is 81.3 cm³/mol. The standard InChI is InChI=1S/C18H25NO/c1-2-14-6-7-17-15(12-14)13-18(20-17)8-10-19(11-9-18)16-4-3-5-16/h6-7,12,16H,2-5,8-11,13H2,1H3. The fourth-order valence-electron chi connectivity index (χ4n) is 4.03. The van der Waals surface area contributed by atoms with Crippen LogP contribution in [0.25, 0.3) is 0 Å². The van der Waals surface area contributed by atoms with Gasteiger partial charge in [-0.3, -0.25) is 0 Å². The molecule has 2 nitrogen and oxygen atoms in total. The maximum atomic E-state index is 6.39. The van der Waals surface area contributed by atoms with Gasteiger partial charge in [-0.15, -0.1) is 0 Å². The van der Waals surface area contributed by atoms with Crippen LogP contribution in [0.2, 0.25) is 0 Å². The zero-order valence-electron chi connectivity index (χ0n) is 12.5. The summed E-state index contributed by atoms with van der Waals surface area (Å²) in [5.41, 5.74) is 3.01. The Morgan fingerprint density at radius 1 is 1.25 bits per heavy atom. The molecule has 1 aromatic carbocycles. The van der Waals surface area contributed by atoms with Crippen molar-refractivity contribution in [3.63, 3.8) is 0 Å². The van der Waals surface area contributed by atoms with E-state index in [1.807, 2.05) is 0 Å². The van der Waals surface area contributed by atoms with Crippen LogP contribution in [0.5, 0.6) is 5.75 Å². The molecule has 0 atom stereocenters. The highest BCUT2D eigenvalue weighted by Gasteiger charge is 2.43. The topological polar surface area (TPSA) is 12.5 Å². The van der Waals surface area contributed by atoms with Crippen LogP contribution in [-0.2, 0) is 12.8 Å². The third-order valence-corrected chi connectivity index (χ3v) is 5.67. The van der Waals surface area contributed by atoms with E-state index >= 15 is 0 Å². The molecule has 20 heavy (non-hydrogen) atoms. The molecule has 2 aliphatic heterocycles. The van der Waals surface area contributed by atoms with Crippen molar-refractivity contribution in [3.05, 3.63) is 29.3 Å². The summed E-state index contributed by atoms with van der Waals surface area (Å²) in [6.07, 6.45) is 8.96.